The number of rotatable bonds is 6. The SMILES string of the molecule is COc1ccc([C@H](CNC(=O)c2ccc(Cl)cc2)c2c[nH]c3ccccc23)cc1. The van der Waals surface area contributed by atoms with Gasteiger partial charge in [0.05, 0.1) is 7.11 Å². The van der Waals surface area contributed by atoms with E-state index >= 15 is 0 Å². The van der Waals surface area contributed by atoms with Gasteiger partial charge in [-0.1, -0.05) is 41.9 Å². The highest BCUT2D eigenvalue weighted by Crippen LogP contribution is 2.31. The van der Waals surface area contributed by atoms with Crippen LogP contribution in [0.1, 0.15) is 27.4 Å². The maximum absolute atomic E-state index is 12.6. The summed E-state index contributed by atoms with van der Waals surface area (Å²) in [6.07, 6.45) is 2.02. The lowest BCUT2D eigenvalue weighted by Crippen LogP contribution is -2.28. The van der Waals surface area contributed by atoms with Crippen molar-refractivity contribution in [1.82, 2.24) is 10.3 Å². The number of halogens is 1. The average molecular weight is 405 g/mol. The summed E-state index contributed by atoms with van der Waals surface area (Å²) in [6.45, 7) is 0.468. The maximum atomic E-state index is 12.6. The van der Waals surface area contributed by atoms with Gasteiger partial charge in [-0.2, -0.15) is 0 Å². The Morgan fingerprint density at radius 3 is 2.48 bits per heavy atom. The molecule has 0 bridgehead atoms. The lowest BCUT2D eigenvalue weighted by atomic mass is 9.90. The van der Waals surface area contributed by atoms with Crippen LogP contribution >= 0.6 is 11.6 Å². The van der Waals surface area contributed by atoms with E-state index in [0.717, 1.165) is 27.8 Å². The third kappa shape index (κ3) is 4.13. The molecule has 0 spiro atoms. The number of ether oxygens (including phenoxy) is 1. The van der Waals surface area contributed by atoms with E-state index in [2.05, 4.69) is 22.4 Å². The highest BCUT2D eigenvalue weighted by atomic mass is 35.5. The first-order valence-corrected chi connectivity index (χ1v) is 9.77. The van der Waals surface area contributed by atoms with Crippen molar-refractivity contribution in [2.75, 3.05) is 13.7 Å². The van der Waals surface area contributed by atoms with Crippen molar-refractivity contribution in [2.45, 2.75) is 5.92 Å². The molecule has 0 aliphatic carbocycles. The molecule has 0 fully saturated rings. The van der Waals surface area contributed by atoms with E-state index in [9.17, 15) is 4.79 Å². The Morgan fingerprint density at radius 1 is 1.03 bits per heavy atom. The van der Waals surface area contributed by atoms with Gasteiger partial charge in [-0.3, -0.25) is 4.79 Å². The zero-order valence-corrected chi connectivity index (χ0v) is 16.7. The molecule has 0 radical (unpaired) electrons. The van der Waals surface area contributed by atoms with Crippen molar-refractivity contribution >= 4 is 28.4 Å². The number of methoxy groups -OCH3 is 1. The molecule has 2 N–H and O–H groups in total. The Balaban J connectivity index is 1.64. The van der Waals surface area contributed by atoms with E-state index in [-0.39, 0.29) is 11.8 Å². The number of aromatic nitrogens is 1. The standard InChI is InChI=1S/C24H21ClN2O2/c1-29-19-12-8-16(9-13-19)21(22-15-26-23-5-3-2-4-20(22)23)14-27-24(28)17-6-10-18(25)11-7-17/h2-13,15,21,26H,14H2,1H3,(H,27,28)/t21-/m0/s1. The van der Waals surface area contributed by atoms with Crippen molar-refractivity contribution in [2.24, 2.45) is 0 Å². The molecule has 0 saturated heterocycles. The molecular formula is C24H21ClN2O2. The van der Waals surface area contributed by atoms with Gasteiger partial charge in [0, 0.05) is 40.1 Å². The van der Waals surface area contributed by atoms with E-state index in [1.54, 1.807) is 31.4 Å². The second-order valence-corrected chi connectivity index (χ2v) is 7.27. The normalized spacial score (nSPS) is 11.9. The minimum absolute atomic E-state index is 0.00620. The van der Waals surface area contributed by atoms with E-state index in [1.807, 2.05) is 42.6 Å². The van der Waals surface area contributed by atoms with Crippen LogP contribution in [0.15, 0.2) is 79.0 Å². The van der Waals surface area contributed by atoms with Crippen LogP contribution in [0.25, 0.3) is 10.9 Å². The first kappa shape index (κ1) is 19.1. The third-order valence-electron chi connectivity index (χ3n) is 5.09. The largest absolute Gasteiger partial charge is 0.497 e. The van der Waals surface area contributed by atoms with E-state index in [1.165, 1.54) is 0 Å². The number of fused-ring (bicyclic) bond motifs is 1. The summed E-state index contributed by atoms with van der Waals surface area (Å²) >= 11 is 5.93. The van der Waals surface area contributed by atoms with Gasteiger partial charge in [-0.25, -0.2) is 0 Å². The van der Waals surface area contributed by atoms with Crippen LogP contribution in [0.4, 0.5) is 0 Å². The van der Waals surface area contributed by atoms with Crippen LogP contribution in [0, 0.1) is 0 Å². The Kier molecular flexibility index (Phi) is 5.54. The van der Waals surface area contributed by atoms with Gasteiger partial charge in [0.15, 0.2) is 0 Å². The second-order valence-electron chi connectivity index (χ2n) is 6.83. The van der Waals surface area contributed by atoms with Crippen LogP contribution < -0.4 is 10.1 Å². The number of benzene rings is 3. The highest BCUT2D eigenvalue weighted by Gasteiger charge is 2.19. The molecule has 4 nitrogen and oxygen atoms in total. The minimum atomic E-state index is -0.125. The molecule has 0 aliphatic rings. The number of carbonyl (C=O) groups excluding carboxylic acids is 1. The highest BCUT2D eigenvalue weighted by molar-refractivity contribution is 6.30. The summed E-state index contributed by atoms with van der Waals surface area (Å²) in [5, 5.41) is 4.83. The Labute approximate surface area is 174 Å². The van der Waals surface area contributed by atoms with E-state index in [4.69, 9.17) is 16.3 Å². The molecule has 1 atom stereocenters. The number of carbonyl (C=O) groups is 1. The predicted molar refractivity (Wildman–Crippen MR) is 117 cm³/mol. The lowest BCUT2D eigenvalue weighted by Gasteiger charge is -2.19. The Hall–Kier alpha value is -3.24. The summed E-state index contributed by atoms with van der Waals surface area (Å²) in [5.41, 5.74) is 3.90. The van der Waals surface area contributed by atoms with E-state index < -0.39 is 0 Å². The molecule has 29 heavy (non-hydrogen) atoms. The molecule has 5 heteroatoms. The average Bonchev–Trinajstić information content (AvgIpc) is 3.19. The second kappa shape index (κ2) is 8.41. The molecular weight excluding hydrogens is 384 g/mol. The molecule has 4 rings (SSSR count). The number of H-pyrrole nitrogens is 1. The van der Waals surface area contributed by atoms with Crippen LogP contribution in [-0.2, 0) is 0 Å². The van der Waals surface area contributed by atoms with Crippen molar-refractivity contribution in [3.8, 4) is 5.75 Å². The molecule has 1 amide bonds. The first-order chi connectivity index (χ1) is 14.2. The molecule has 0 saturated carbocycles. The summed E-state index contributed by atoms with van der Waals surface area (Å²) in [6, 6.07) is 23.0. The first-order valence-electron chi connectivity index (χ1n) is 9.39. The van der Waals surface area contributed by atoms with Gasteiger partial charge in [0.2, 0.25) is 0 Å². The summed E-state index contributed by atoms with van der Waals surface area (Å²) in [7, 11) is 1.65. The van der Waals surface area contributed by atoms with Crippen molar-refractivity contribution in [1.29, 1.82) is 0 Å². The zero-order chi connectivity index (χ0) is 20.2. The fraction of sp³-hybridized carbons (Fsp3) is 0.125. The van der Waals surface area contributed by atoms with Gasteiger partial charge in [-0.15, -0.1) is 0 Å². The summed E-state index contributed by atoms with van der Waals surface area (Å²) in [5.74, 6) is 0.671. The monoisotopic (exact) mass is 404 g/mol. The number of amides is 1. The number of hydrogen-bond acceptors (Lipinski definition) is 2. The van der Waals surface area contributed by atoms with Gasteiger partial charge < -0.3 is 15.0 Å². The van der Waals surface area contributed by atoms with Gasteiger partial charge >= 0.3 is 0 Å². The zero-order valence-electron chi connectivity index (χ0n) is 16.0. The van der Waals surface area contributed by atoms with Crippen molar-refractivity contribution in [3.05, 3.63) is 101 Å². The van der Waals surface area contributed by atoms with Crippen LogP contribution in [0.3, 0.4) is 0 Å². The summed E-state index contributed by atoms with van der Waals surface area (Å²) in [4.78, 5) is 16.0. The van der Waals surface area contributed by atoms with Gasteiger partial charge in [0.25, 0.3) is 5.91 Å². The van der Waals surface area contributed by atoms with Crippen LogP contribution in [0.2, 0.25) is 5.02 Å². The number of aromatic amines is 1. The smallest absolute Gasteiger partial charge is 0.251 e. The van der Waals surface area contributed by atoms with Crippen LogP contribution in [0.5, 0.6) is 5.75 Å². The number of para-hydroxylation sites is 1. The molecule has 3 aromatic carbocycles. The molecule has 4 aromatic rings. The van der Waals surface area contributed by atoms with Gasteiger partial charge in [0.1, 0.15) is 5.75 Å². The molecule has 0 unspecified atom stereocenters. The Morgan fingerprint density at radius 2 is 1.76 bits per heavy atom. The minimum Gasteiger partial charge on any atom is -0.497 e. The van der Waals surface area contributed by atoms with Crippen molar-refractivity contribution in [3.63, 3.8) is 0 Å². The van der Waals surface area contributed by atoms with Gasteiger partial charge in [-0.05, 0) is 53.6 Å². The molecule has 1 aromatic heterocycles. The van der Waals surface area contributed by atoms with Crippen molar-refractivity contribution < 1.29 is 9.53 Å². The fourth-order valence-corrected chi connectivity index (χ4v) is 3.65. The van der Waals surface area contributed by atoms with Crippen LogP contribution in [-0.4, -0.2) is 24.5 Å². The lowest BCUT2D eigenvalue weighted by molar-refractivity contribution is 0.0952. The maximum Gasteiger partial charge on any atom is 0.251 e. The molecule has 146 valence electrons. The molecule has 1 heterocycles. The number of nitrogens with one attached hydrogen (secondary N) is 2. The Bertz CT molecular complexity index is 1120. The fourth-order valence-electron chi connectivity index (χ4n) is 3.52. The number of hydrogen-bond donors (Lipinski definition) is 2. The topological polar surface area (TPSA) is 54.1 Å². The quantitative estimate of drug-likeness (QED) is 0.452. The predicted octanol–water partition coefficient (Wildman–Crippen LogP) is 5.39. The third-order valence-corrected chi connectivity index (χ3v) is 5.34. The van der Waals surface area contributed by atoms with E-state index in [0.29, 0.717) is 17.1 Å². The molecule has 0 aliphatic heterocycles. The summed E-state index contributed by atoms with van der Waals surface area (Å²) < 4.78 is 5.29.